The lowest BCUT2D eigenvalue weighted by atomic mass is 10.0. The van der Waals surface area contributed by atoms with Crippen LogP contribution < -0.4 is 4.74 Å². The summed E-state index contributed by atoms with van der Waals surface area (Å²) in [5, 5.41) is 16.9. The number of hydrogen-bond donors (Lipinski definition) is 0. The quantitative estimate of drug-likeness (QED) is 0.522. The average Bonchev–Trinajstić information content (AvgIpc) is 3.16. The zero-order chi connectivity index (χ0) is 18.9. The van der Waals surface area contributed by atoms with Crippen LogP contribution >= 0.6 is 11.8 Å². The molecule has 0 radical (unpaired) electrons. The van der Waals surface area contributed by atoms with Crippen molar-refractivity contribution in [1.82, 2.24) is 14.9 Å². The Morgan fingerprint density at radius 1 is 0.964 bits per heavy atom. The Kier molecular flexibility index (Phi) is 4.33. The van der Waals surface area contributed by atoms with Crippen LogP contribution in [0.5, 0.6) is 5.75 Å². The van der Waals surface area contributed by atoms with Crippen LogP contribution in [0.25, 0.3) is 10.8 Å². The molecule has 0 saturated carbocycles. The monoisotopic (exact) mass is 386 g/mol. The highest BCUT2D eigenvalue weighted by atomic mass is 32.2. The first kappa shape index (κ1) is 17.0. The summed E-state index contributed by atoms with van der Waals surface area (Å²) >= 11 is 1.65. The van der Waals surface area contributed by atoms with E-state index < -0.39 is 0 Å². The summed E-state index contributed by atoms with van der Waals surface area (Å²) in [5.41, 5.74) is 3.19. The van der Waals surface area contributed by atoms with E-state index >= 15 is 0 Å². The lowest BCUT2D eigenvalue weighted by Gasteiger charge is -2.16. The number of ether oxygens (including phenoxy) is 1. The van der Waals surface area contributed by atoms with E-state index in [1.807, 2.05) is 28.9 Å². The molecule has 0 saturated heterocycles. The number of thioether (sulfide) groups is 1. The zero-order valence-electron chi connectivity index (χ0n) is 15.4. The molecule has 5 nitrogen and oxygen atoms in total. The highest BCUT2D eigenvalue weighted by Crippen LogP contribution is 2.29. The fraction of sp³-hybridized carbons (Fsp3) is 0.136. The first-order valence-corrected chi connectivity index (χ1v) is 10.1. The third-order valence-electron chi connectivity index (χ3n) is 4.88. The SMILES string of the molecule is COc1ccccc1C1=Nn2c(Cc3cccc4ccccc34)nnc2SC1. The van der Waals surface area contributed by atoms with Crippen LogP contribution in [0.15, 0.2) is 77.0 Å². The molecule has 2 heterocycles. The van der Waals surface area contributed by atoms with Crippen molar-refractivity contribution in [1.29, 1.82) is 0 Å². The van der Waals surface area contributed by atoms with Gasteiger partial charge in [0.05, 0.1) is 12.8 Å². The molecule has 1 aromatic heterocycles. The number of rotatable bonds is 4. The summed E-state index contributed by atoms with van der Waals surface area (Å²) in [6, 6.07) is 22.7. The van der Waals surface area contributed by atoms with Crippen LogP contribution in [0.3, 0.4) is 0 Å². The molecule has 0 unspecified atom stereocenters. The zero-order valence-corrected chi connectivity index (χ0v) is 16.2. The molecule has 3 aromatic carbocycles. The lowest BCUT2D eigenvalue weighted by Crippen LogP contribution is -2.15. The van der Waals surface area contributed by atoms with Crippen LogP contribution in [-0.2, 0) is 6.42 Å². The van der Waals surface area contributed by atoms with Gasteiger partial charge in [-0.3, -0.25) is 0 Å². The highest BCUT2D eigenvalue weighted by Gasteiger charge is 2.21. The first-order valence-electron chi connectivity index (χ1n) is 9.08. The van der Waals surface area contributed by atoms with Crippen molar-refractivity contribution < 1.29 is 4.74 Å². The Morgan fingerprint density at radius 2 is 1.79 bits per heavy atom. The van der Waals surface area contributed by atoms with Crippen LogP contribution in [0.1, 0.15) is 17.0 Å². The molecule has 0 spiro atoms. The molecule has 0 atom stereocenters. The fourth-order valence-corrected chi connectivity index (χ4v) is 4.36. The maximum Gasteiger partial charge on any atom is 0.212 e. The topological polar surface area (TPSA) is 52.3 Å². The largest absolute Gasteiger partial charge is 0.496 e. The average molecular weight is 386 g/mol. The van der Waals surface area contributed by atoms with E-state index in [2.05, 4.69) is 52.7 Å². The number of methoxy groups -OCH3 is 1. The molecule has 4 aromatic rings. The van der Waals surface area contributed by atoms with Crippen molar-refractivity contribution >= 4 is 28.2 Å². The van der Waals surface area contributed by atoms with Crippen LogP contribution in [-0.4, -0.2) is 33.4 Å². The highest BCUT2D eigenvalue weighted by molar-refractivity contribution is 7.99. The van der Waals surface area contributed by atoms with E-state index in [4.69, 9.17) is 9.84 Å². The minimum absolute atomic E-state index is 0.678. The Morgan fingerprint density at radius 3 is 2.71 bits per heavy atom. The molecular weight excluding hydrogens is 368 g/mol. The van der Waals surface area contributed by atoms with E-state index in [0.29, 0.717) is 6.42 Å². The number of hydrogen-bond acceptors (Lipinski definition) is 5. The molecule has 28 heavy (non-hydrogen) atoms. The maximum absolute atomic E-state index is 5.51. The Balaban J connectivity index is 1.55. The number of fused-ring (bicyclic) bond motifs is 2. The molecule has 0 amide bonds. The third-order valence-corrected chi connectivity index (χ3v) is 5.81. The van der Waals surface area contributed by atoms with Crippen molar-refractivity contribution in [2.24, 2.45) is 5.10 Å². The molecule has 138 valence electrons. The predicted molar refractivity (Wildman–Crippen MR) is 112 cm³/mol. The van der Waals surface area contributed by atoms with Crippen molar-refractivity contribution in [2.45, 2.75) is 11.6 Å². The summed E-state index contributed by atoms with van der Waals surface area (Å²) in [5.74, 6) is 2.41. The summed E-state index contributed by atoms with van der Waals surface area (Å²) in [6.07, 6.45) is 0.678. The van der Waals surface area contributed by atoms with E-state index in [1.54, 1.807) is 18.9 Å². The standard InChI is InChI=1S/C22H18N4OS/c1-27-20-12-5-4-11-18(20)19-14-28-22-24-23-21(26(22)25-19)13-16-9-6-8-15-7-2-3-10-17(15)16/h2-12H,13-14H2,1H3. The molecule has 0 aliphatic carbocycles. The lowest BCUT2D eigenvalue weighted by molar-refractivity contribution is 0.414. The summed E-state index contributed by atoms with van der Waals surface area (Å²) in [4.78, 5) is 0. The Hall–Kier alpha value is -3.12. The van der Waals surface area contributed by atoms with Gasteiger partial charge in [0.25, 0.3) is 0 Å². The minimum atomic E-state index is 0.678. The molecule has 6 heteroatoms. The van der Waals surface area contributed by atoms with Gasteiger partial charge in [-0.15, -0.1) is 10.2 Å². The van der Waals surface area contributed by atoms with Crippen LogP contribution in [0.2, 0.25) is 0 Å². The second-order valence-electron chi connectivity index (χ2n) is 6.56. The summed E-state index contributed by atoms with van der Waals surface area (Å²) < 4.78 is 7.38. The Bertz CT molecular complexity index is 1190. The maximum atomic E-state index is 5.51. The summed E-state index contributed by atoms with van der Waals surface area (Å²) in [7, 11) is 1.69. The third kappa shape index (κ3) is 2.96. The van der Waals surface area contributed by atoms with Gasteiger partial charge in [-0.2, -0.15) is 9.78 Å². The smallest absolute Gasteiger partial charge is 0.212 e. The van der Waals surface area contributed by atoms with E-state index in [9.17, 15) is 0 Å². The van der Waals surface area contributed by atoms with Gasteiger partial charge in [-0.1, -0.05) is 66.4 Å². The molecule has 0 fully saturated rings. The van der Waals surface area contributed by atoms with E-state index in [1.165, 1.54) is 16.3 Å². The molecule has 1 aliphatic heterocycles. The first-order chi connectivity index (χ1) is 13.8. The van der Waals surface area contributed by atoms with E-state index in [0.717, 1.165) is 33.8 Å². The second-order valence-corrected chi connectivity index (χ2v) is 7.50. The van der Waals surface area contributed by atoms with Crippen molar-refractivity contribution in [3.05, 3.63) is 83.7 Å². The number of benzene rings is 3. The molecular formula is C22H18N4OS. The van der Waals surface area contributed by atoms with Gasteiger partial charge in [0.15, 0.2) is 5.82 Å². The van der Waals surface area contributed by atoms with Gasteiger partial charge in [0.2, 0.25) is 5.16 Å². The number of para-hydroxylation sites is 1. The molecule has 5 rings (SSSR count). The molecule has 1 aliphatic rings. The van der Waals surface area contributed by atoms with Crippen molar-refractivity contribution in [3.63, 3.8) is 0 Å². The molecule has 0 bridgehead atoms. The van der Waals surface area contributed by atoms with Crippen molar-refractivity contribution in [3.8, 4) is 5.75 Å². The Labute approximate surface area is 167 Å². The normalized spacial score (nSPS) is 13.2. The number of nitrogens with zero attached hydrogens (tertiary/aromatic N) is 4. The summed E-state index contributed by atoms with van der Waals surface area (Å²) in [6.45, 7) is 0. The van der Waals surface area contributed by atoms with Gasteiger partial charge in [-0.25, -0.2) is 0 Å². The molecule has 0 N–H and O–H groups in total. The van der Waals surface area contributed by atoms with Crippen molar-refractivity contribution in [2.75, 3.05) is 12.9 Å². The van der Waals surface area contributed by atoms with Crippen LogP contribution in [0.4, 0.5) is 0 Å². The van der Waals surface area contributed by atoms with Gasteiger partial charge in [-0.05, 0) is 28.5 Å². The van der Waals surface area contributed by atoms with Crippen LogP contribution in [0, 0.1) is 0 Å². The van der Waals surface area contributed by atoms with Gasteiger partial charge >= 0.3 is 0 Å². The van der Waals surface area contributed by atoms with Gasteiger partial charge in [0.1, 0.15) is 5.75 Å². The minimum Gasteiger partial charge on any atom is -0.496 e. The van der Waals surface area contributed by atoms with Gasteiger partial charge in [0, 0.05) is 17.7 Å². The van der Waals surface area contributed by atoms with E-state index in [-0.39, 0.29) is 0 Å². The fourth-order valence-electron chi connectivity index (χ4n) is 3.51. The number of aromatic nitrogens is 3. The second kappa shape index (κ2) is 7.13. The van der Waals surface area contributed by atoms with Gasteiger partial charge < -0.3 is 4.74 Å². The predicted octanol–water partition coefficient (Wildman–Crippen LogP) is 4.39.